The number of nitrogens with zero attached hydrogens (tertiary/aromatic N) is 2. The van der Waals surface area contributed by atoms with E-state index < -0.39 is 5.97 Å². The molecule has 1 rings (SSSR count). The van der Waals surface area contributed by atoms with Crippen molar-refractivity contribution in [2.75, 3.05) is 36.6 Å². The molecule has 0 atom stereocenters. The Bertz CT molecular complexity index is 429. The lowest BCUT2D eigenvalue weighted by Gasteiger charge is -2.08. The van der Waals surface area contributed by atoms with Crippen LogP contribution in [0.3, 0.4) is 0 Å². The summed E-state index contributed by atoms with van der Waals surface area (Å²) in [6.07, 6.45) is 2.30. The Morgan fingerprint density at radius 3 is 2.95 bits per heavy atom. The van der Waals surface area contributed by atoms with E-state index in [1.807, 2.05) is 0 Å². The lowest BCUT2D eigenvalue weighted by Crippen LogP contribution is -2.12. The van der Waals surface area contributed by atoms with Gasteiger partial charge in [-0.25, -0.2) is 14.8 Å². The fourth-order valence-electron chi connectivity index (χ4n) is 1.47. The van der Waals surface area contributed by atoms with E-state index >= 15 is 0 Å². The number of anilines is 1. The van der Waals surface area contributed by atoms with E-state index in [0.717, 1.165) is 24.5 Å². The summed E-state index contributed by atoms with van der Waals surface area (Å²) in [6, 6.07) is 0. The summed E-state index contributed by atoms with van der Waals surface area (Å²) >= 11 is 1.76. The zero-order valence-electron chi connectivity index (χ0n) is 11.9. The van der Waals surface area contributed by atoms with Gasteiger partial charge in [-0.2, -0.15) is 11.8 Å². The van der Waals surface area contributed by atoms with Crippen LogP contribution in [0, 0.1) is 6.92 Å². The van der Waals surface area contributed by atoms with Gasteiger partial charge in [0.05, 0.1) is 17.9 Å². The van der Waals surface area contributed by atoms with Crippen molar-refractivity contribution in [3.05, 3.63) is 17.5 Å². The molecule has 0 bridgehead atoms. The first-order valence-corrected chi connectivity index (χ1v) is 7.77. The maximum Gasteiger partial charge on any atom is 0.341 e. The van der Waals surface area contributed by atoms with Crippen LogP contribution >= 0.6 is 11.8 Å². The molecular weight excluding hydrogens is 278 g/mol. The van der Waals surface area contributed by atoms with Crippen LogP contribution in [0.4, 0.5) is 5.95 Å². The number of hydrogen-bond donors (Lipinski definition) is 2. The Labute approximate surface area is 123 Å². The number of aliphatic hydroxyl groups excluding tert-OH is 1. The summed E-state index contributed by atoms with van der Waals surface area (Å²) in [4.78, 5) is 19.9. The van der Waals surface area contributed by atoms with Gasteiger partial charge in [-0.15, -0.1) is 0 Å². The predicted molar refractivity (Wildman–Crippen MR) is 80.2 cm³/mol. The summed E-state index contributed by atoms with van der Waals surface area (Å²) < 4.78 is 4.92. The fourth-order valence-corrected chi connectivity index (χ4v) is 2.25. The quantitative estimate of drug-likeness (QED) is 0.528. The van der Waals surface area contributed by atoms with Crippen molar-refractivity contribution in [2.24, 2.45) is 0 Å². The second-order valence-corrected chi connectivity index (χ2v) is 5.25. The Morgan fingerprint density at radius 2 is 2.30 bits per heavy atom. The first-order valence-electron chi connectivity index (χ1n) is 6.62. The predicted octanol–water partition coefficient (Wildman–Crippen LogP) is 1.49. The van der Waals surface area contributed by atoms with Gasteiger partial charge in [0.1, 0.15) is 0 Å². The van der Waals surface area contributed by atoms with Crippen LogP contribution in [0.15, 0.2) is 6.20 Å². The highest BCUT2D eigenvalue weighted by atomic mass is 32.2. The lowest BCUT2D eigenvalue weighted by molar-refractivity contribution is 0.0524. The molecule has 0 radical (unpaired) electrons. The van der Waals surface area contributed by atoms with Gasteiger partial charge >= 0.3 is 5.97 Å². The summed E-state index contributed by atoms with van der Waals surface area (Å²) in [6.45, 7) is 4.84. The van der Waals surface area contributed by atoms with Gasteiger partial charge in [0.25, 0.3) is 0 Å². The molecule has 6 nitrogen and oxygen atoms in total. The van der Waals surface area contributed by atoms with E-state index in [-0.39, 0.29) is 6.61 Å². The van der Waals surface area contributed by atoms with E-state index in [9.17, 15) is 4.79 Å². The standard InChI is InChI=1S/C13H21N3O3S/c1-3-19-12(18)11-9-15-13(16-10(11)2)14-5-8-20-7-4-6-17/h9,17H,3-8H2,1-2H3,(H,14,15,16). The molecule has 2 N–H and O–H groups in total. The molecule has 0 fully saturated rings. The number of carbonyl (C=O) groups is 1. The number of esters is 1. The Balaban J connectivity index is 2.41. The van der Waals surface area contributed by atoms with Gasteiger partial charge in [0, 0.05) is 25.1 Å². The third kappa shape index (κ3) is 5.75. The average Bonchev–Trinajstić information content (AvgIpc) is 2.43. The zero-order chi connectivity index (χ0) is 14.8. The molecule has 0 aliphatic heterocycles. The number of carbonyl (C=O) groups excluding carboxylic acids is 1. The van der Waals surface area contributed by atoms with Gasteiger partial charge in [0.15, 0.2) is 0 Å². The lowest BCUT2D eigenvalue weighted by atomic mass is 10.2. The number of aliphatic hydroxyl groups is 1. The summed E-state index contributed by atoms with van der Waals surface area (Å²) in [5.41, 5.74) is 1.00. The Morgan fingerprint density at radius 1 is 1.50 bits per heavy atom. The van der Waals surface area contributed by atoms with Crippen LogP contribution < -0.4 is 5.32 Å². The van der Waals surface area contributed by atoms with Gasteiger partial charge < -0.3 is 15.2 Å². The molecule has 0 saturated heterocycles. The van der Waals surface area contributed by atoms with E-state index in [0.29, 0.717) is 23.8 Å². The number of rotatable bonds is 9. The number of aromatic nitrogens is 2. The summed E-state index contributed by atoms with van der Waals surface area (Å²) in [5.74, 6) is 1.98. The van der Waals surface area contributed by atoms with Crippen molar-refractivity contribution < 1.29 is 14.6 Å². The SMILES string of the molecule is CCOC(=O)c1cnc(NCCSCCCO)nc1C. The molecule has 1 heterocycles. The Hall–Kier alpha value is -1.34. The molecule has 1 aromatic rings. The average molecular weight is 299 g/mol. The van der Waals surface area contributed by atoms with Crippen LogP contribution in [0.25, 0.3) is 0 Å². The van der Waals surface area contributed by atoms with Crippen LogP contribution in [-0.4, -0.2) is 52.3 Å². The smallest absolute Gasteiger partial charge is 0.341 e. The van der Waals surface area contributed by atoms with Crippen molar-refractivity contribution in [1.29, 1.82) is 0 Å². The van der Waals surface area contributed by atoms with Gasteiger partial charge in [-0.3, -0.25) is 0 Å². The van der Waals surface area contributed by atoms with Crippen molar-refractivity contribution in [3.63, 3.8) is 0 Å². The zero-order valence-corrected chi connectivity index (χ0v) is 12.7. The molecular formula is C13H21N3O3S. The molecule has 1 aromatic heterocycles. The molecule has 112 valence electrons. The first-order chi connectivity index (χ1) is 9.69. The van der Waals surface area contributed by atoms with E-state index in [1.54, 1.807) is 25.6 Å². The van der Waals surface area contributed by atoms with Crippen molar-refractivity contribution >= 4 is 23.7 Å². The molecule has 20 heavy (non-hydrogen) atoms. The summed E-state index contributed by atoms with van der Waals surface area (Å²) in [7, 11) is 0. The third-order valence-electron chi connectivity index (χ3n) is 2.45. The highest BCUT2D eigenvalue weighted by Gasteiger charge is 2.12. The number of ether oxygens (including phenoxy) is 1. The number of aryl methyl sites for hydroxylation is 1. The van der Waals surface area contributed by atoms with Crippen molar-refractivity contribution in [2.45, 2.75) is 20.3 Å². The largest absolute Gasteiger partial charge is 0.462 e. The minimum Gasteiger partial charge on any atom is -0.462 e. The molecule has 0 unspecified atom stereocenters. The molecule has 0 amide bonds. The van der Waals surface area contributed by atoms with Gasteiger partial charge in [-0.05, 0) is 26.0 Å². The molecule has 7 heteroatoms. The summed E-state index contributed by atoms with van der Waals surface area (Å²) in [5, 5.41) is 11.8. The molecule has 0 aliphatic carbocycles. The highest BCUT2D eigenvalue weighted by Crippen LogP contribution is 2.09. The second-order valence-electron chi connectivity index (χ2n) is 4.03. The molecule has 0 aromatic carbocycles. The number of nitrogens with one attached hydrogen (secondary N) is 1. The first kappa shape index (κ1) is 16.7. The minimum atomic E-state index is -0.392. The maximum absolute atomic E-state index is 11.6. The van der Waals surface area contributed by atoms with Gasteiger partial charge in [0.2, 0.25) is 5.95 Å². The Kier molecular flexibility index (Phi) is 7.98. The van der Waals surface area contributed by atoms with E-state index in [1.165, 1.54) is 6.20 Å². The maximum atomic E-state index is 11.6. The highest BCUT2D eigenvalue weighted by molar-refractivity contribution is 7.99. The van der Waals surface area contributed by atoms with Crippen molar-refractivity contribution in [1.82, 2.24) is 9.97 Å². The topological polar surface area (TPSA) is 84.3 Å². The number of hydrogen-bond acceptors (Lipinski definition) is 7. The number of thioether (sulfide) groups is 1. The second kappa shape index (κ2) is 9.55. The fraction of sp³-hybridized carbons (Fsp3) is 0.615. The third-order valence-corrected chi connectivity index (χ3v) is 3.52. The van der Waals surface area contributed by atoms with Crippen LogP contribution in [-0.2, 0) is 4.74 Å². The monoisotopic (exact) mass is 299 g/mol. The van der Waals surface area contributed by atoms with E-state index in [4.69, 9.17) is 9.84 Å². The van der Waals surface area contributed by atoms with Crippen LogP contribution in [0.2, 0.25) is 0 Å². The molecule has 0 spiro atoms. The van der Waals surface area contributed by atoms with Crippen LogP contribution in [0.5, 0.6) is 0 Å². The molecule has 0 aliphatic rings. The molecule has 0 saturated carbocycles. The van der Waals surface area contributed by atoms with E-state index in [2.05, 4.69) is 15.3 Å². The minimum absolute atomic E-state index is 0.234. The van der Waals surface area contributed by atoms with Gasteiger partial charge in [-0.1, -0.05) is 0 Å². The van der Waals surface area contributed by atoms with Crippen LogP contribution in [0.1, 0.15) is 29.4 Å². The van der Waals surface area contributed by atoms with Crippen molar-refractivity contribution in [3.8, 4) is 0 Å². The normalized spacial score (nSPS) is 10.3.